The van der Waals surface area contributed by atoms with Gasteiger partial charge in [0.05, 0.1) is 19.2 Å². The smallest absolute Gasteiger partial charge is 0.137 e. The SMILES string of the molecule is O=C([O-])/C=C/c1ccc(OCC[NH+]2CCOCC2)cc1. The molecular formula is C15H19NO4. The summed E-state index contributed by atoms with van der Waals surface area (Å²) in [6.07, 6.45) is 2.51. The van der Waals surface area contributed by atoms with Crippen LogP contribution in [0.4, 0.5) is 0 Å². The molecule has 20 heavy (non-hydrogen) atoms. The van der Waals surface area contributed by atoms with Crippen LogP contribution in [-0.4, -0.2) is 45.4 Å². The van der Waals surface area contributed by atoms with Crippen molar-refractivity contribution in [3.05, 3.63) is 35.9 Å². The summed E-state index contributed by atoms with van der Waals surface area (Å²) in [6, 6.07) is 7.31. The lowest BCUT2D eigenvalue weighted by molar-refractivity contribution is -0.908. The first-order valence-corrected chi connectivity index (χ1v) is 6.77. The fourth-order valence-corrected chi connectivity index (χ4v) is 2.06. The number of carbonyl (C=O) groups excluding carboxylic acids is 1. The van der Waals surface area contributed by atoms with Gasteiger partial charge in [-0.3, -0.25) is 0 Å². The fraction of sp³-hybridized carbons (Fsp3) is 0.400. The summed E-state index contributed by atoms with van der Waals surface area (Å²) >= 11 is 0. The lowest BCUT2D eigenvalue weighted by Crippen LogP contribution is -3.14. The molecule has 2 rings (SSSR count). The lowest BCUT2D eigenvalue weighted by atomic mass is 10.2. The second kappa shape index (κ2) is 7.67. The van der Waals surface area contributed by atoms with Crippen LogP contribution in [0.25, 0.3) is 6.08 Å². The zero-order valence-electron chi connectivity index (χ0n) is 11.3. The number of carboxylic acid groups (broad SMARTS) is 1. The van der Waals surface area contributed by atoms with Gasteiger partial charge in [0.15, 0.2) is 0 Å². The lowest BCUT2D eigenvalue weighted by Gasteiger charge is -2.23. The second-order valence-corrected chi connectivity index (χ2v) is 4.68. The number of nitrogens with one attached hydrogen (secondary N) is 1. The van der Waals surface area contributed by atoms with Crippen molar-refractivity contribution in [2.75, 3.05) is 39.5 Å². The third-order valence-corrected chi connectivity index (χ3v) is 3.22. The summed E-state index contributed by atoms with van der Waals surface area (Å²) in [7, 11) is 0. The van der Waals surface area contributed by atoms with Crippen LogP contribution in [0.2, 0.25) is 0 Å². The van der Waals surface area contributed by atoms with Gasteiger partial charge in [-0.1, -0.05) is 18.2 Å². The maximum Gasteiger partial charge on any atom is 0.137 e. The highest BCUT2D eigenvalue weighted by Crippen LogP contribution is 2.12. The highest BCUT2D eigenvalue weighted by Gasteiger charge is 2.12. The highest BCUT2D eigenvalue weighted by molar-refractivity contribution is 5.83. The summed E-state index contributed by atoms with van der Waals surface area (Å²) in [5.74, 6) is -0.401. The molecule has 1 aliphatic rings. The average Bonchev–Trinajstić information content (AvgIpc) is 2.47. The van der Waals surface area contributed by atoms with Crippen molar-refractivity contribution in [2.24, 2.45) is 0 Å². The van der Waals surface area contributed by atoms with Crippen molar-refractivity contribution in [2.45, 2.75) is 0 Å². The van der Waals surface area contributed by atoms with Gasteiger partial charge in [0.2, 0.25) is 0 Å². The van der Waals surface area contributed by atoms with E-state index in [2.05, 4.69) is 0 Å². The van der Waals surface area contributed by atoms with Crippen LogP contribution < -0.4 is 14.7 Å². The molecule has 5 nitrogen and oxygen atoms in total. The molecule has 0 saturated carbocycles. The Balaban J connectivity index is 1.74. The van der Waals surface area contributed by atoms with Crippen molar-refractivity contribution in [3.8, 4) is 5.75 Å². The molecule has 1 aliphatic heterocycles. The third kappa shape index (κ3) is 5.03. The minimum atomic E-state index is -1.20. The number of aliphatic carboxylic acids is 1. The van der Waals surface area contributed by atoms with E-state index in [9.17, 15) is 9.90 Å². The van der Waals surface area contributed by atoms with E-state index in [-0.39, 0.29) is 0 Å². The van der Waals surface area contributed by atoms with Gasteiger partial charge in [0.25, 0.3) is 0 Å². The maximum absolute atomic E-state index is 10.3. The third-order valence-electron chi connectivity index (χ3n) is 3.22. The van der Waals surface area contributed by atoms with Crippen molar-refractivity contribution in [1.82, 2.24) is 0 Å². The molecular weight excluding hydrogens is 258 g/mol. The Kier molecular flexibility index (Phi) is 5.58. The molecule has 0 bridgehead atoms. The molecule has 1 heterocycles. The Morgan fingerprint density at radius 2 is 2.00 bits per heavy atom. The van der Waals surface area contributed by atoms with E-state index in [4.69, 9.17) is 9.47 Å². The molecule has 0 aliphatic carbocycles. The molecule has 0 aromatic heterocycles. The molecule has 0 radical (unpaired) electrons. The van der Waals surface area contributed by atoms with Crippen LogP contribution >= 0.6 is 0 Å². The number of benzene rings is 1. The van der Waals surface area contributed by atoms with E-state index in [1.807, 2.05) is 24.3 Å². The molecule has 0 amide bonds. The van der Waals surface area contributed by atoms with E-state index in [0.717, 1.165) is 50.2 Å². The van der Waals surface area contributed by atoms with E-state index in [1.165, 1.54) is 11.0 Å². The molecule has 1 fully saturated rings. The van der Waals surface area contributed by atoms with Crippen molar-refractivity contribution < 1.29 is 24.3 Å². The first-order chi connectivity index (χ1) is 9.74. The first kappa shape index (κ1) is 14.6. The van der Waals surface area contributed by atoms with Gasteiger partial charge in [-0.2, -0.15) is 0 Å². The Morgan fingerprint density at radius 1 is 1.30 bits per heavy atom. The number of hydrogen-bond donors (Lipinski definition) is 1. The monoisotopic (exact) mass is 277 g/mol. The van der Waals surface area contributed by atoms with Crippen LogP contribution in [0.5, 0.6) is 5.75 Å². The Bertz CT molecular complexity index is 449. The number of rotatable bonds is 6. The summed E-state index contributed by atoms with van der Waals surface area (Å²) in [6.45, 7) is 5.37. The number of ether oxygens (including phenoxy) is 2. The molecule has 108 valence electrons. The van der Waals surface area contributed by atoms with Gasteiger partial charge in [0, 0.05) is 0 Å². The number of morpholine rings is 1. The summed E-state index contributed by atoms with van der Waals surface area (Å²) in [5.41, 5.74) is 0.806. The van der Waals surface area contributed by atoms with Crippen LogP contribution in [0.1, 0.15) is 5.56 Å². The van der Waals surface area contributed by atoms with Crippen LogP contribution in [0, 0.1) is 0 Å². The molecule has 1 aromatic rings. The zero-order valence-corrected chi connectivity index (χ0v) is 11.3. The zero-order chi connectivity index (χ0) is 14.2. The van der Waals surface area contributed by atoms with Gasteiger partial charge in [-0.25, -0.2) is 0 Å². The predicted molar refractivity (Wildman–Crippen MR) is 72.4 cm³/mol. The summed E-state index contributed by atoms with van der Waals surface area (Å²) in [5, 5.41) is 10.3. The van der Waals surface area contributed by atoms with Gasteiger partial charge in [-0.05, 0) is 23.8 Å². The van der Waals surface area contributed by atoms with Crippen LogP contribution in [0.3, 0.4) is 0 Å². The molecule has 1 aromatic carbocycles. The van der Waals surface area contributed by atoms with Gasteiger partial charge >= 0.3 is 0 Å². The summed E-state index contributed by atoms with van der Waals surface area (Å²) < 4.78 is 11.0. The van der Waals surface area contributed by atoms with E-state index >= 15 is 0 Å². The molecule has 5 heteroatoms. The Hall–Kier alpha value is -1.85. The molecule has 0 unspecified atom stereocenters. The van der Waals surface area contributed by atoms with Crippen LogP contribution in [0.15, 0.2) is 30.3 Å². The van der Waals surface area contributed by atoms with E-state index in [0.29, 0.717) is 6.61 Å². The second-order valence-electron chi connectivity index (χ2n) is 4.68. The summed E-state index contributed by atoms with van der Waals surface area (Å²) in [4.78, 5) is 11.8. The predicted octanol–water partition coefficient (Wildman–Crippen LogP) is -1.26. The molecule has 1 saturated heterocycles. The topological polar surface area (TPSA) is 63.0 Å². The number of carbonyl (C=O) groups is 1. The number of hydrogen-bond acceptors (Lipinski definition) is 4. The van der Waals surface area contributed by atoms with Crippen molar-refractivity contribution in [3.63, 3.8) is 0 Å². The van der Waals surface area contributed by atoms with E-state index < -0.39 is 5.97 Å². The molecule has 0 spiro atoms. The molecule has 1 N–H and O–H groups in total. The quantitative estimate of drug-likeness (QED) is 0.660. The Labute approximate surface area is 118 Å². The van der Waals surface area contributed by atoms with E-state index in [1.54, 1.807) is 0 Å². The fourth-order valence-electron chi connectivity index (χ4n) is 2.06. The number of quaternary nitrogens is 1. The van der Waals surface area contributed by atoms with Gasteiger partial charge in [-0.15, -0.1) is 0 Å². The van der Waals surface area contributed by atoms with Crippen LogP contribution in [-0.2, 0) is 9.53 Å². The minimum Gasteiger partial charge on any atom is -0.545 e. The normalized spacial score (nSPS) is 16.4. The number of carboxylic acids is 1. The largest absolute Gasteiger partial charge is 0.545 e. The van der Waals surface area contributed by atoms with Gasteiger partial charge < -0.3 is 24.3 Å². The van der Waals surface area contributed by atoms with Gasteiger partial charge in [0.1, 0.15) is 32.0 Å². The maximum atomic E-state index is 10.3. The van der Waals surface area contributed by atoms with Crippen molar-refractivity contribution >= 4 is 12.0 Å². The molecule has 0 atom stereocenters. The Morgan fingerprint density at radius 3 is 2.65 bits per heavy atom. The minimum absolute atomic E-state index is 0.670. The standard InChI is InChI=1S/C15H19NO4/c17-15(18)6-3-13-1-4-14(5-2-13)20-12-9-16-7-10-19-11-8-16/h1-6H,7-12H2,(H,17,18)/b6-3+. The highest BCUT2D eigenvalue weighted by atomic mass is 16.5. The van der Waals surface area contributed by atoms with Crippen molar-refractivity contribution in [1.29, 1.82) is 0 Å². The average molecular weight is 277 g/mol. The first-order valence-electron chi connectivity index (χ1n) is 6.77.